The minimum Gasteiger partial charge on any atom is -0.466 e. The molecule has 1 N–H and O–H groups in total. The number of hydrogen-bond acceptors (Lipinski definition) is 3. The van der Waals surface area contributed by atoms with E-state index in [0.717, 1.165) is 11.3 Å². The van der Waals surface area contributed by atoms with Crippen LogP contribution in [0.2, 0.25) is 5.02 Å². The third-order valence-electron chi connectivity index (χ3n) is 3.65. The summed E-state index contributed by atoms with van der Waals surface area (Å²) >= 11 is 5.96. The Labute approximate surface area is 109 Å². The van der Waals surface area contributed by atoms with Crippen molar-refractivity contribution in [3.8, 4) is 0 Å². The summed E-state index contributed by atoms with van der Waals surface area (Å²) in [5, 5.41) is 3.37. The van der Waals surface area contributed by atoms with Crippen LogP contribution in [-0.4, -0.2) is 18.5 Å². The van der Waals surface area contributed by atoms with Gasteiger partial charge in [-0.2, -0.15) is 0 Å². The lowest BCUT2D eigenvalue weighted by Gasteiger charge is -2.08. The van der Waals surface area contributed by atoms with Crippen molar-refractivity contribution >= 4 is 29.2 Å². The molecule has 1 aliphatic heterocycles. The fourth-order valence-corrected chi connectivity index (χ4v) is 2.86. The van der Waals surface area contributed by atoms with E-state index in [1.54, 1.807) is 25.1 Å². The number of ether oxygens (including phenoxy) is 1. The Bertz CT molecular complexity index is 557. The molecule has 5 heteroatoms. The van der Waals surface area contributed by atoms with Gasteiger partial charge in [0.25, 0.3) is 0 Å². The molecule has 1 amide bonds. The van der Waals surface area contributed by atoms with E-state index in [1.807, 2.05) is 0 Å². The van der Waals surface area contributed by atoms with Crippen molar-refractivity contribution < 1.29 is 14.3 Å². The molecule has 1 aliphatic carbocycles. The Hall–Kier alpha value is -1.55. The molecule has 0 radical (unpaired) electrons. The first kappa shape index (κ1) is 11.5. The van der Waals surface area contributed by atoms with E-state index in [1.165, 1.54) is 0 Å². The van der Waals surface area contributed by atoms with Gasteiger partial charge < -0.3 is 10.1 Å². The summed E-state index contributed by atoms with van der Waals surface area (Å²) in [6.45, 7) is 2.09. The number of carbonyl (C=O) groups is 2. The molecule has 1 aromatic rings. The molecule has 1 aromatic carbocycles. The molecule has 94 valence electrons. The van der Waals surface area contributed by atoms with Crippen molar-refractivity contribution in [1.82, 2.24) is 0 Å². The molecule has 0 unspecified atom stereocenters. The van der Waals surface area contributed by atoms with E-state index in [0.29, 0.717) is 18.1 Å². The van der Waals surface area contributed by atoms with Crippen molar-refractivity contribution in [2.24, 2.45) is 5.92 Å². The van der Waals surface area contributed by atoms with Crippen LogP contribution in [0.25, 0.3) is 0 Å². The summed E-state index contributed by atoms with van der Waals surface area (Å²) in [4.78, 5) is 23.9. The number of anilines is 1. The Morgan fingerprint density at radius 1 is 1.61 bits per heavy atom. The molecule has 4 nitrogen and oxygen atoms in total. The summed E-state index contributed by atoms with van der Waals surface area (Å²) in [5.41, 5.74) is 0.821. The van der Waals surface area contributed by atoms with Gasteiger partial charge in [-0.3, -0.25) is 9.59 Å². The van der Waals surface area contributed by atoms with E-state index >= 15 is 0 Å². The van der Waals surface area contributed by atoms with Gasteiger partial charge in [0.15, 0.2) is 0 Å². The van der Waals surface area contributed by atoms with Crippen molar-refractivity contribution in [2.75, 3.05) is 11.9 Å². The maximum absolute atomic E-state index is 12.1. The van der Waals surface area contributed by atoms with Gasteiger partial charge in [0.2, 0.25) is 5.91 Å². The highest BCUT2D eigenvalue weighted by Crippen LogP contribution is 2.60. The van der Waals surface area contributed by atoms with Crippen LogP contribution in [0.5, 0.6) is 0 Å². The van der Waals surface area contributed by atoms with Crippen LogP contribution in [0, 0.1) is 5.92 Å². The largest absolute Gasteiger partial charge is 0.466 e. The zero-order valence-corrected chi connectivity index (χ0v) is 10.6. The summed E-state index contributed by atoms with van der Waals surface area (Å²) < 4.78 is 4.99. The van der Waals surface area contributed by atoms with Gasteiger partial charge in [-0.05, 0) is 37.1 Å². The lowest BCUT2D eigenvalue weighted by atomic mass is 9.95. The topological polar surface area (TPSA) is 55.4 Å². The SMILES string of the molecule is CCOC(=O)[C@H]1C[C@]12C(=O)Nc1ccc(Cl)cc12. The fourth-order valence-electron chi connectivity index (χ4n) is 2.69. The van der Waals surface area contributed by atoms with Gasteiger partial charge in [0.05, 0.1) is 17.9 Å². The number of amides is 1. The van der Waals surface area contributed by atoms with Crippen LogP contribution in [-0.2, 0) is 19.7 Å². The second kappa shape index (κ2) is 3.72. The van der Waals surface area contributed by atoms with Gasteiger partial charge >= 0.3 is 5.97 Å². The molecule has 2 atom stereocenters. The highest BCUT2D eigenvalue weighted by atomic mass is 35.5. The molecule has 0 saturated heterocycles. The first-order valence-corrected chi connectivity index (χ1v) is 6.25. The molecule has 0 bridgehead atoms. The molecule has 0 aromatic heterocycles. The van der Waals surface area contributed by atoms with E-state index < -0.39 is 5.41 Å². The van der Waals surface area contributed by atoms with Crippen LogP contribution >= 0.6 is 11.6 Å². The molecule has 1 heterocycles. The maximum atomic E-state index is 12.1. The van der Waals surface area contributed by atoms with Crippen molar-refractivity contribution in [1.29, 1.82) is 0 Å². The second-order valence-electron chi connectivity index (χ2n) is 4.62. The number of carbonyl (C=O) groups excluding carboxylic acids is 2. The fraction of sp³-hybridized carbons (Fsp3) is 0.385. The predicted octanol–water partition coefficient (Wildman–Crippen LogP) is 2.11. The monoisotopic (exact) mass is 265 g/mol. The van der Waals surface area contributed by atoms with Crippen LogP contribution < -0.4 is 5.32 Å². The first-order chi connectivity index (χ1) is 8.59. The smallest absolute Gasteiger partial charge is 0.310 e. The molecule has 1 saturated carbocycles. The number of benzene rings is 1. The van der Waals surface area contributed by atoms with E-state index in [4.69, 9.17) is 16.3 Å². The Kier molecular flexibility index (Phi) is 2.38. The van der Waals surface area contributed by atoms with Crippen LogP contribution in [0.1, 0.15) is 18.9 Å². The van der Waals surface area contributed by atoms with Crippen molar-refractivity contribution in [2.45, 2.75) is 18.8 Å². The lowest BCUT2D eigenvalue weighted by Crippen LogP contribution is -2.25. The molecule has 1 fully saturated rings. The molecular weight excluding hydrogens is 254 g/mol. The van der Waals surface area contributed by atoms with Gasteiger partial charge in [-0.1, -0.05) is 11.6 Å². The van der Waals surface area contributed by atoms with Crippen molar-refractivity contribution in [3.05, 3.63) is 28.8 Å². The summed E-state index contributed by atoms with van der Waals surface area (Å²) in [7, 11) is 0. The highest BCUT2D eigenvalue weighted by Gasteiger charge is 2.68. The Morgan fingerprint density at radius 3 is 3.11 bits per heavy atom. The molecule has 3 rings (SSSR count). The van der Waals surface area contributed by atoms with E-state index in [-0.39, 0.29) is 17.8 Å². The third kappa shape index (κ3) is 1.38. The number of halogens is 1. The molecule has 18 heavy (non-hydrogen) atoms. The Balaban J connectivity index is 1.99. The van der Waals surface area contributed by atoms with E-state index in [9.17, 15) is 9.59 Å². The quantitative estimate of drug-likeness (QED) is 0.834. The normalized spacial score (nSPS) is 27.9. The summed E-state index contributed by atoms with van der Waals surface area (Å²) in [5.74, 6) is -0.810. The number of nitrogens with one attached hydrogen (secondary N) is 1. The minimum atomic E-state index is -0.744. The van der Waals surface area contributed by atoms with E-state index in [2.05, 4.69) is 5.32 Å². The zero-order valence-electron chi connectivity index (χ0n) is 9.83. The number of esters is 1. The molecular formula is C13H12ClNO3. The number of hydrogen-bond donors (Lipinski definition) is 1. The molecule has 2 aliphatic rings. The standard InChI is InChI=1S/C13H12ClNO3/c1-2-18-11(16)9-6-13(9)8-5-7(14)3-4-10(8)15-12(13)17/h3-5,9H,2,6H2,1H3,(H,15,17)/t9-,13-/m1/s1. The summed E-state index contributed by atoms with van der Waals surface area (Å²) in [6, 6.07) is 5.25. The number of rotatable bonds is 2. The van der Waals surface area contributed by atoms with Gasteiger partial charge in [-0.25, -0.2) is 0 Å². The average molecular weight is 266 g/mol. The lowest BCUT2D eigenvalue weighted by molar-refractivity contribution is -0.146. The minimum absolute atomic E-state index is 0.127. The van der Waals surface area contributed by atoms with Crippen LogP contribution in [0.3, 0.4) is 0 Å². The van der Waals surface area contributed by atoms with Crippen LogP contribution in [0.15, 0.2) is 18.2 Å². The number of fused-ring (bicyclic) bond motifs is 2. The highest BCUT2D eigenvalue weighted by molar-refractivity contribution is 6.31. The third-order valence-corrected chi connectivity index (χ3v) is 3.88. The zero-order chi connectivity index (χ0) is 12.9. The maximum Gasteiger partial charge on any atom is 0.310 e. The first-order valence-electron chi connectivity index (χ1n) is 5.87. The Morgan fingerprint density at radius 2 is 2.39 bits per heavy atom. The van der Waals surface area contributed by atoms with Gasteiger partial charge in [0, 0.05) is 10.7 Å². The second-order valence-corrected chi connectivity index (χ2v) is 5.06. The van der Waals surface area contributed by atoms with Gasteiger partial charge in [-0.15, -0.1) is 0 Å². The van der Waals surface area contributed by atoms with Gasteiger partial charge in [0.1, 0.15) is 0 Å². The average Bonchev–Trinajstić information content (AvgIpc) is 3.02. The predicted molar refractivity (Wildman–Crippen MR) is 66.5 cm³/mol. The molecule has 1 spiro atoms. The van der Waals surface area contributed by atoms with Crippen molar-refractivity contribution in [3.63, 3.8) is 0 Å². The van der Waals surface area contributed by atoms with Crippen LogP contribution in [0.4, 0.5) is 5.69 Å². The summed E-state index contributed by atoms with van der Waals surface area (Å²) in [6.07, 6.45) is 0.505.